The fraction of sp³-hybridized carbons (Fsp3) is 0.800. The largest absolute Gasteiger partial charge is 0.369 e. The normalized spacial score (nSPS) is 15.1. The summed E-state index contributed by atoms with van der Waals surface area (Å²) in [6.07, 6.45) is 0. The van der Waals surface area contributed by atoms with Crippen LogP contribution in [-0.4, -0.2) is 11.4 Å². The molecule has 0 spiro atoms. The Labute approximate surface area is 59.0 Å². The minimum atomic E-state index is -1.49. The number of halogens is 1. The Kier molecular flexibility index (Phi) is 2.49. The average molecular weight is 151 g/mol. The smallest absolute Gasteiger partial charge is 0.226 e. The lowest BCUT2D eigenvalue weighted by Gasteiger charge is -2.20. The van der Waals surface area contributed by atoms with E-state index in [1.807, 2.05) is 0 Å². The number of nitrogens with two attached hydrogens (primary N) is 1. The van der Waals surface area contributed by atoms with E-state index in [-0.39, 0.29) is 0 Å². The van der Waals surface area contributed by atoms with E-state index in [1.54, 1.807) is 0 Å². The number of carbonyl (C=O) groups is 1. The molecular weight excluding hydrogens is 141 g/mol. The SMILES string of the molecule is CC(C)(C(N)=O)C(F)S. The first-order chi connectivity index (χ1) is 3.89. The number of hydrogen-bond acceptors (Lipinski definition) is 2. The molecule has 0 aliphatic carbocycles. The molecule has 0 saturated heterocycles. The zero-order valence-corrected chi connectivity index (χ0v) is 6.28. The van der Waals surface area contributed by atoms with E-state index in [0.717, 1.165) is 0 Å². The third kappa shape index (κ3) is 1.86. The number of thiol groups is 1. The van der Waals surface area contributed by atoms with E-state index in [4.69, 9.17) is 5.73 Å². The van der Waals surface area contributed by atoms with Gasteiger partial charge >= 0.3 is 0 Å². The van der Waals surface area contributed by atoms with Gasteiger partial charge in [-0.2, -0.15) is 0 Å². The lowest BCUT2D eigenvalue weighted by Crippen LogP contribution is -2.37. The first-order valence-electron chi connectivity index (χ1n) is 2.51. The summed E-state index contributed by atoms with van der Waals surface area (Å²) in [5.74, 6) is -0.676. The molecule has 54 valence electrons. The Morgan fingerprint density at radius 1 is 1.78 bits per heavy atom. The second kappa shape index (κ2) is 2.56. The topological polar surface area (TPSA) is 43.1 Å². The molecule has 0 saturated carbocycles. The quantitative estimate of drug-likeness (QED) is 0.561. The van der Waals surface area contributed by atoms with E-state index in [9.17, 15) is 9.18 Å². The minimum absolute atomic E-state index is 0.676. The molecule has 2 N–H and O–H groups in total. The molecule has 0 fully saturated rings. The molecule has 2 nitrogen and oxygen atoms in total. The number of carbonyl (C=O) groups excluding carboxylic acids is 1. The van der Waals surface area contributed by atoms with Crippen LogP contribution < -0.4 is 5.73 Å². The van der Waals surface area contributed by atoms with Crippen molar-refractivity contribution in [3.63, 3.8) is 0 Å². The molecule has 9 heavy (non-hydrogen) atoms. The van der Waals surface area contributed by atoms with Gasteiger partial charge in [0.05, 0.1) is 5.41 Å². The van der Waals surface area contributed by atoms with Gasteiger partial charge in [-0.25, -0.2) is 4.39 Å². The molecule has 0 aromatic rings. The van der Waals surface area contributed by atoms with Gasteiger partial charge in [0.1, 0.15) is 0 Å². The maximum absolute atomic E-state index is 12.3. The van der Waals surface area contributed by atoms with E-state index in [0.29, 0.717) is 0 Å². The molecule has 0 aliphatic heterocycles. The van der Waals surface area contributed by atoms with Crippen LogP contribution in [0, 0.1) is 5.41 Å². The Morgan fingerprint density at radius 3 is 2.11 bits per heavy atom. The highest BCUT2D eigenvalue weighted by molar-refractivity contribution is 7.80. The molecular formula is C5H10FNOS. The number of amides is 1. The highest BCUT2D eigenvalue weighted by Crippen LogP contribution is 2.24. The van der Waals surface area contributed by atoms with E-state index in [1.165, 1.54) is 13.8 Å². The van der Waals surface area contributed by atoms with E-state index >= 15 is 0 Å². The van der Waals surface area contributed by atoms with Gasteiger partial charge < -0.3 is 5.73 Å². The van der Waals surface area contributed by atoms with Crippen LogP contribution in [0.4, 0.5) is 4.39 Å². The van der Waals surface area contributed by atoms with Crippen LogP contribution >= 0.6 is 12.6 Å². The summed E-state index contributed by atoms with van der Waals surface area (Å²) < 4.78 is 12.3. The van der Waals surface area contributed by atoms with Crippen molar-refractivity contribution in [1.29, 1.82) is 0 Å². The van der Waals surface area contributed by atoms with Gasteiger partial charge in [-0.3, -0.25) is 4.79 Å². The summed E-state index contributed by atoms with van der Waals surface area (Å²) in [5, 5.41) is 0. The lowest BCUT2D eigenvalue weighted by molar-refractivity contribution is -0.127. The maximum Gasteiger partial charge on any atom is 0.226 e. The summed E-state index contributed by atoms with van der Waals surface area (Å²) in [6.45, 7) is 2.82. The van der Waals surface area contributed by atoms with Gasteiger partial charge in [0.15, 0.2) is 5.50 Å². The fourth-order valence-electron chi connectivity index (χ4n) is 0.117. The first kappa shape index (κ1) is 8.75. The molecule has 1 atom stereocenters. The molecule has 1 amide bonds. The van der Waals surface area contributed by atoms with Crippen molar-refractivity contribution in [2.45, 2.75) is 19.4 Å². The number of alkyl halides is 1. The van der Waals surface area contributed by atoms with Crippen LogP contribution in [0.3, 0.4) is 0 Å². The van der Waals surface area contributed by atoms with Gasteiger partial charge in [-0.1, -0.05) is 0 Å². The van der Waals surface area contributed by atoms with Crippen molar-refractivity contribution in [2.24, 2.45) is 11.1 Å². The molecule has 0 aromatic carbocycles. The summed E-state index contributed by atoms with van der Waals surface area (Å²) in [5.41, 5.74) is 2.19. The molecule has 0 bridgehead atoms. The van der Waals surface area contributed by atoms with Crippen LogP contribution in [0.1, 0.15) is 13.8 Å². The van der Waals surface area contributed by atoms with Crippen LogP contribution in [0.2, 0.25) is 0 Å². The van der Waals surface area contributed by atoms with E-state index in [2.05, 4.69) is 12.6 Å². The number of rotatable bonds is 2. The molecule has 0 rings (SSSR count). The molecule has 0 radical (unpaired) electrons. The number of hydrogen-bond donors (Lipinski definition) is 2. The standard InChI is InChI=1S/C5H10FNOS/c1-5(2,3(6)9)4(7)8/h3,9H,1-2H3,(H2,7,8). The van der Waals surface area contributed by atoms with Crippen LogP contribution in [0.25, 0.3) is 0 Å². The van der Waals surface area contributed by atoms with Gasteiger partial charge in [0.2, 0.25) is 5.91 Å². The predicted molar refractivity (Wildman–Crippen MR) is 36.9 cm³/mol. The Bertz CT molecular complexity index is 124. The van der Waals surface area contributed by atoms with Crippen LogP contribution in [0.5, 0.6) is 0 Å². The second-order valence-corrected chi connectivity index (χ2v) is 2.88. The van der Waals surface area contributed by atoms with E-state index < -0.39 is 16.8 Å². The van der Waals surface area contributed by atoms with Gasteiger partial charge in [-0.15, -0.1) is 12.6 Å². The average Bonchev–Trinajstić information content (AvgIpc) is 1.65. The van der Waals surface area contributed by atoms with Crippen molar-refractivity contribution >= 4 is 18.5 Å². The summed E-state index contributed by atoms with van der Waals surface area (Å²) in [7, 11) is 0. The molecule has 1 unspecified atom stereocenters. The van der Waals surface area contributed by atoms with Crippen molar-refractivity contribution < 1.29 is 9.18 Å². The Morgan fingerprint density at radius 2 is 2.11 bits per heavy atom. The van der Waals surface area contributed by atoms with Crippen molar-refractivity contribution in [1.82, 2.24) is 0 Å². The van der Waals surface area contributed by atoms with Crippen molar-refractivity contribution in [3.05, 3.63) is 0 Å². The Hall–Kier alpha value is -0.250. The third-order valence-electron chi connectivity index (χ3n) is 1.23. The summed E-state index contributed by atoms with van der Waals surface area (Å²) >= 11 is 3.45. The van der Waals surface area contributed by atoms with Gasteiger partial charge in [0.25, 0.3) is 0 Å². The summed E-state index contributed by atoms with van der Waals surface area (Å²) in [6, 6.07) is 0. The fourth-order valence-corrected chi connectivity index (χ4v) is 0.245. The number of primary amides is 1. The predicted octanol–water partition coefficient (Wildman–Crippen LogP) is 0.723. The highest BCUT2D eigenvalue weighted by Gasteiger charge is 2.32. The zero-order valence-electron chi connectivity index (χ0n) is 5.39. The van der Waals surface area contributed by atoms with Crippen molar-refractivity contribution in [3.8, 4) is 0 Å². The Balaban J connectivity index is 4.19. The lowest BCUT2D eigenvalue weighted by atomic mass is 9.95. The zero-order chi connectivity index (χ0) is 7.65. The molecule has 0 heterocycles. The van der Waals surface area contributed by atoms with Gasteiger partial charge in [-0.05, 0) is 13.8 Å². The first-order valence-corrected chi connectivity index (χ1v) is 3.02. The highest BCUT2D eigenvalue weighted by atomic mass is 32.1. The van der Waals surface area contributed by atoms with Crippen molar-refractivity contribution in [2.75, 3.05) is 0 Å². The maximum atomic E-state index is 12.3. The van der Waals surface area contributed by atoms with Gasteiger partial charge in [0, 0.05) is 0 Å². The third-order valence-corrected chi connectivity index (χ3v) is 1.88. The summed E-state index contributed by atoms with van der Waals surface area (Å²) in [4.78, 5) is 10.4. The molecule has 0 aromatic heterocycles. The van der Waals surface area contributed by atoms with Crippen LogP contribution in [0.15, 0.2) is 0 Å². The second-order valence-electron chi connectivity index (χ2n) is 2.42. The monoisotopic (exact) mass is 151 g/mol. The molecule has 0 aliphatic rings. The van der Waals surface area contributed by atoms with Crippen LogP contribution in [-0.2, 0) is 4.79 Å². The molecule has 4 heteroatoms. The minimum Gasteiger partial charge on any atom is -0.369 e.